The molecule has 0 aromatic heterocycles. The van der Waals surface area contributed by atoms with Gasteiger partial charge in [0, 0.05) is 36.9 Å². The third-order valence-corrected chi connectivity index (χ3v) is 7.63. The smallest absolute Gasteiger partial charge is 0.243 e. The van der Waals surface area contributed by atoms with Crippen LogP contribution in [0.3, 0.4) is 0 Å². The molecule has 2 aromatic rings. The first-order valence-corrected chi connectivity index (χ1v) is 12.1. The SMILES string of the molecule is CCN(CC)c1ccc(CNC(=O)[C@H]2CCCN2S(=O)(=O)c2ccc(Cl)cc2)cc1. The lowest BCUT2D eigenvalue weighted by atomic mass is 10.1. The average molecular weight is 450 g/mol. The number of anilines is 1. The monoisotopic (exact) mass is 449 g/mol. The molecule has 1 atom stereocenters. The van der Waals surface area contributed by atoms with Crippen molar-refractivity contribution in [3.8, 4) is 0 Å². The summed E-state index contributed by atoms with van der Waals surface area (Å²) in [7, 11) is -3.75. The maximum absolute atomic E-state index is 13.0. The summed E-state index contributed by atoms with van der Waals surface area (Å²) < 4.78 is 27.3. The van der Waals surface area contributed by atoms with Gasteiger partial charge in [0.25, 0.3) is 0 Å². The minimum Gasteiger partial charge on any atom is -0.372 e. The fourth-order valence-electron chi connectivity index (χ4n) is 3.75. The highest BCUT2D eigenvalue weighted by Crippen LogP contribution is 2.27. The molecule has 0 bridgehead atoms. The maximum Gasteiger partial charge on any atom is 0.243 e. The van der Waals surface area contributed by atoms with Crippen LogP contribution in [0.15, 0.2) is 53.4 Å². The zero-order valence-corrected chi connectivity index (χ0v) is 18.9. The van der Waals surface area contributed by atoms with Gasteiger partial charge in [0.15, 0.2) is 0 Å². The van der Waals surface area contributed by atoms with E-state index in [1.54, 1.807) is 12.1 Å². The molecule has 1 N–H and O–H groups in total. The molecule has 8 heteroatoms. The molecule has 6 nitrogen and oxygen atoms in total. The van der Waals surface area contributed by atoms with Crippen LogP contribution in [0.5, 0.6) is 0 Å². The van der Waals surface area contributed by atoms with Gasteiger partial charge >= 0.3 is 0 Å². The predicted octanol–water partition coefficient (Wildman–Crippen LogP) is 3.66. The summed E-state index contributed by atoms with van der Waals surface area (Å²) in [6, 6.07) is 13.4. The van der Waals surface area contributed by atoms with Crippen molar-refractivity contribution in [2.75, 3.05) is 24.5 Å². The van der Waals surface area contributed by atoms with Crippen LogP contribution in [0.1, 0.15) is 32.3 Å². The van der Waals surface area contributed by atoms with Crippen molar-refractivity contribution >= 4 is 33.2 Å². The fourth-order valence-corrected chi connectivity index (χ4v) is 5.53. The van der Waals surface area contributed by atoms with Crippen molar-refractivity contribution in [1.82, 2.24) is 9.62 Å². The van der Waals surface area contributed by atoms with Gasteiger partial charge in [-0.25, -0.2) is 8.42 Å². The normalized spacial score (nSPS) is 17.1. The summed E-state index contributed by atoms with van der Waals surface area (Å²) >= 11 is 5.87. The maximum atomic E-state index is 13.0. The molecule has 1 aliphatic heterocycles. The third kappa shape index (κ3) is 4.96. The Morgan fingerprint density at radius 3 is 2.33 bits per heavy atom. The van der Waals surface area contributed by atoms with Crippen LogP contribution in [-0.4, -0.2) is 44.3 Å². The highest BCUT2D eigenvalue weighted by atomic mass is 35.5. The number of hydrogen-bond acceptors (Lipinski definition) is 4. The van der Waals surface area contributed by atoms with Gasteiger partial charge in [-0.05, 0) is 68.7 Å². The van der Waals surface area contributed by atoms with Crippen LogP contribution in [0.4, 0.5) is 5.69 Å². The van der Waals surface area contributed by atoms with E-state index in [1.807, 2.05) is 24.3 Å². The second-order valence-corrected chi connectivity index (χ2v) is 9.61. The van der Waals surface area contributed by atoms with Crippen LogP contribution in [0.25, 0.3) is 0 Å². The summed E-state index contributed by atoms with van der Waals surface area (Å²) in [4.78, 5) is 15.2. The summed E-state index contributed by atoms with van der Waals surface area (Å²) in [6.45, 7) is 6.80. The molecule has 1 amide bonds. The van der Waals surface area contributed by atoms with Gasteiger partial charge in [-0.1, -0.05) is 23.7 Å². The molecule has 0 saturated carbocycles. The van der Waals surface area contributed by atoms with E-state index in [0.29, 0.717) is 31.0 Å². The summed E-state index contributed by atoms with van der Waals surface area (Å²) in [6.07, 6.45) is 1.17. The summed E-state index contributed by atoms with van der Waals surface area (Å²) in [5, 5.41) is 3.37. The third-order valence-electron chi connectivity index (χ3n) is 5.46. The van der Waals surface area contributed by atoms with Gasteiger partial charge in [0.2, 0.25) is 15.9 Å². The lowest BCUT2D eigenvalue weighted by Gasteiger charge is -2.23. The van der Waals surface area contributed by atoms with Gasteiger partial charge in [-0.2, -0.15) is 4.31 Å². The highest BCUT2D eigenvalue weighted by Gasteiger charge is 2.39. The second kappa shape index (κ2) is 9.81. The van der Waals surface area contributed by atoms with Crippen molar-refractivity contribution < 1.29 is 13.2 Å². The first-order valence-electron chi connectivity index (χ1n) is 10.3. The number of nitrogens with zero attached hydrogens (tertiary/aromatic N) is 2. The quantitative estimate of drug-likeness (QED) is 0.667. The molecular formula is C22H28ClN3O3S. The van der Waals surface area contributed by atoms with Crippen LogP contribution in [0, 0.1) is 0 Å². The lowest BCUT2D eigenvalue weighted by Crippen LogP contribution is -2.45. The number of rotatable bonds is 8. The van der Waals surface area contributed by atoms with Gasteiger partial charge in [0.05, 0.1) is 4.90 Å². The number of carbonyl (C=O) groups excluding carboxylic acids is 1. The van der Waals surface area contributed by atoms with E-state index in [-0.39, 0.29) is 10.8 Å². The van der Waals surface area contributed by atoms with Crippen molar-refractivity contribution in [2.24, 2.45) is 0 Å². The Hall–Kier alpha value is -2.09. The average Bonchev–Trinajstić information content (AvgIpc) is 3.25. The number of benzene rings is 2. The van der Waals surface area contributed by atoms with Crippen molar-refractivity contribution in [3.63, 3.8) is 0 Å². The summed E-state index contributed by atoms with van der Waals surface area (Å²) in [5.41, 5.74) is 2.12. The minimum absolute atomic E-state index is 0.151. The van der Waals surface area contributed by atoms with E-state index >= 15 is 0 Å². The molecule has 1 saturated heterocycles. The predicted molar refractivity (Wildman–Crippen MR) is 120 cm³/mol. The van der Waals surface area contributed by atoms with E-state index in [2.05, 4.69) is 24.1 Å². The van der Waals surface area contributed by atoms with Crippen molar-refractivity contribution in [3.05, 3.63) is 59.1 Å². The molecule has 2 aromatic carbocycles. The molecule has 0 unspecified atom stereocenters. The second-order valence-electron chi connectivity index (χ2n) is 7.28. The molecule has 0 spiro atoms. The number of amides is 1. The Morgan fingerprint density at radius 2 is 1.73 bits per heavy atom. The summed E-state index contributed by atoms with van der Waals surface area (Å²) in [5.74, 6) is -0.266. The van der Waals surface area contributed by atoms with Crippen molar-refractivity contribution in [1.29, 1.82) is 0 Å². The van der Waals surface area contributed by atoms with E-state index in [1.165, 1.54) is 16.4 Å². The molecule has 3 rings (SSSR count). The Balaban J connectivity index is 1.65. The number of carbonyl (C=O) groups is 1. The lowest BCUT2D eigenvalue weighted by molar-refractivity contribution is -0.124. The topological polar surface area (TPSA) is 69.7 Å². The van der Waals surface area contributed by atoms with Crippen molar-refractivity contribution in [2.45, 2.75) is 44.2 Å². The molecule has 0 radical (unpaired) electrons. The van der Waals surface area contributed by atoms with Gasteiger partial charge in [-0.15, -0.1) is 0 Å². The molecule has 30 heavy (non-hydrogen) atoms. The van der Waals surface area contributed by atoms with Crippen LogP contribution in [-0.2, 0) is 21.4 Å². The Bertz CT molecular complexity index is 958. The van der Waals surface area contributed by atoms with E-state index in [0.717, 1.165) is 24.3 Å². The zero-order chi connectivity index (χ0) is 21.7. The largest absolute Gasteiger partial charge is 0.372 e. The minimum atomic E-state index is -3.75. The van der Waals surface area contributed by atoms with Crippen LogP contribution >= 0.6 is 11.6 Å². The van der Waals surface area contributed by atoms with Crippen LogP contribution in [0.2, 0.25) is 5.02 Å². The van der Waals surface area contributed by atoms with Gasteiger partial charge < -0.3 is 10.2 Å². The van der Waals surface area contributed by atoms with E-state index < -0.39 is 16.1 Å². The van der Waals surface area contributed by atoms with E-state index in [9.17, 15) is 13.2 Å². The Morgan fingerprint density at radius 1 is 1.10 bits per heavy atom. The Labute approximate surface area is 183 Å². The molecule has 1 heterocycles. The number of nitrogens with one attached hydrogen (secondary N) is 1. The van der Waals surface area contributed by atoms with Crippen LogP contribution < -0.4 is 10.2 Å². The molecular weight excluding hydrogens is 422 g/mol. The zero-order valence-electron chi connectivity index (χ0n) is 17.3. The first-order chi connectivity index (χ1) is 14.4. The van der Waals surface area contributed by atoms with Gasteiger partial charge in [0.1, 0.15) is 6.04 Å². The fraction of sp³-hybridized carbons (Fsp3) is 0.409. The molecule has 1 aliphatic rings. The Kier molecular flexibility index (Phi) is 7.39. The number of sulfonamides is 1. The first kappa shape index (κ1) is 22.6. The molecule has 162 valence electrons. The van der Waals surface area contributed by atoms with E-state index in [4.69, 9.17) is 11.6 Å². The molecule has 0 aliphatic carbocycles. The van der Waals surface area contributed by atoms with Gasteiger partial charge in [-0.3, -0.25) is 4.79 Å². The number of halogens is 1. The number of hydrogen-bond donors (Lipinski definition) is 1. The highest BCUT2D eigenvalue weighted by molar-refractivity contribution is 7.89. The molecule has 1 fully saturated rings. The standard InChI is InChI=1S/C22H28ClN3O3S/c1-3-25(4-2)19-11-7-17(8-12-19)16-24-22(27)21-6-5-15-26(21)30(28,29)20-13-9-18(23)10-14-20/h7-14,21H,3-6,15-16H2,1-2H3,(H,24,27)/t21-/m1/s1.